The third-order valence-electron chi connectivity index (χ3n) is 2.87. The van der Waals surface area contributed by atoms with E-state index in [-0.39, 0.29) is 0 Å². The molecule has 0 bridgehead atoms. The summed E-state index contributed by atoms with van der Waals surface area (Å²) in [6.07, 6.45) is 4.00. The molecule has 0 atom stereocenters. The van der Waals surface area contributed by atoms with Gasteiger partial charge in [0.1, 0.15) is 5.69 Å². The highest BCUT2D eigenvalue weighted by Gasteiger charge is 2.33. The number of nitrogens with one attached hydrogen (secondary N) is 1. The van der Waals surface area contributed by atoms with E-state index in [0.717, 1.165) is 0 Å². The Hall–Kier alpha value is -1.63. The molecule has 0 aliphatic heterocycles. The van der Waals surface area contributed by atoms with Gasteiger partial charge in [0.05, 0.1) is 12.1 Å². The topological polar surface area (TPSA) is 45.1 Å². The van der Waals surface area contributed by atoms with Crippen molar-refractivity contribution in [3.63, 3.8) is 0 Å². The van der Waals surface area contributed by atoms with Crippen molar-refractivity contribution < 1.29 is 22.7 Å². The van der Waals surface area contributed by atoms with Gasteiger partial charge in [-0.15, -0.1) is 0 Å². The standard InChI is InChI=1S/C11H10F4N2O/c12-6-8(7(13)10(15)16-9(6)14)17-11(5-18)3-1-2-4-11/h1-2,18H,3-5H2,(H,16,17). The molecule has 1 aliphatic carbocycles. The Morgan fingerprint density at radius 2 is 1.61 bits per heavy atom. The van der Waals surface area contributed by atoms with Crippen molar-refractivity contribution >= 4 is 5.69 Å². The van der Waals surface area contributed by atoms with Crippen molar-refractivity contribution in [1.29, 1.82) is 0 Å². The highest BCUT2D eigenvalue weighted by Crippen LogP contribution is 2.31. The van der Waals surface area contributed by atoms with Crippen molar-refractivity contribution in [1.82, 2.24) is 4.98 Å². The summed E-state index contributed by atoms with van der Waals surface area (Å²) in [7, 11) is 0. The van der Waals surface area contributed by atoms with E-state index < -0.39 is 41.4 Å². The van der Waals surface area contributed by atoms with E-state index in [2.05, 4.69) is 10.3 Å². The van der Waals surface area contributed by atoms with E-state index in [4.69, 9.17) is 0 Å². The Bertz CT molecular complexity index is 470. The number of hydrogen-bond acceptors (Lipinski definition) is 3. The van der Waals surface area contributed by atoms with Gasteiger partial charge in [-0.3, -0.25) is 0 Å². The van der Waals surface area contributed by atoms with Gasteiger partial charge < -0.3 is 10.4 Å². The maximum Gasteiger partial charge on any atom is 0.253 e. The number of pyridine rings is 1. The zero-order valence-electron chi connectivity index (χ0n) is 9.18. The molecule has 0 unspecified atom stereocenters. The van der Waals surface area contributed by atoms with Crippen molar-refractivity contribution in [3.05, 3.63) is 35.7 Å². The Labute approximate surface area is 100 Å². The maximum absolute atomic E-state index is 13.4. The van der Waals surface area contributed by atoms with Gasteiger partial charge in [-0.25, -0.2) is 0 Å². The minimum atomic E-state index is -1.73. The Balaban J connectivity index is 2.39. The normalized spacial score (nSPS) is 17.2. The summed E-state index contributed by atoms with van der Waals surface area (Å²) in [6, 6.07) is 0. The number of aromatic nitrogens is 1. The van der Waals surface area contributed by atoms with Gasteiger partial charge in [-0.2, -0.15) is 22.5 Å². The van der Waals surface area contributed by atoms with Crippen LogP contribution >= 0.6 is 0 Å². The number of anilines is 1. The molecular formula is C11H10F4N2O. The predicted octanol–water partition coefficient (Wildman–Crippen LogP) is 2.13. The summed E-state index contributed by atoms with van der Waals surface area (Å²) < 4.78 is 52.6. The predicted molar refractivity (Wildman–Crippen MR) is 55.9 cm³/mol. The van der Waals surface area contributed by atoms with Gasteiger partial charge >= 0.3 is 0 Å². The number of aliphatic hydroxyl groups excluding tert-OH is 1. The number of hydrogen-bond donors (Lipinski definition) is 2. The van der Waals surface area contributed by atoms with Gasteiger partial charge in [-0.05, 0) is 12.8 Å². The molecule has 1 aromatic rings. The van der Waals surface area contributed by atoms with Crippen LogP contribution in [0.1, 0.15) is 12.8 Å². The quantitative estimate of drug-likeness (QED) is 0.498. The minimum absolute atomic E-state index is 0.300. The van der Waals surface area contributed by atoms with Crippen molar-refractivity contribution in [3.8, 4) is 0 Å². The SMILES string of the molecule is OCC1(Nc2c(F)c(F)nc(F)c2F)CC=CC1. The van der Waals surface area contributed by atoms with E-state index in [0.29, 0.717) is 12.8 Å². The zero-order valence-corrected chi connectivity index (χ0v) is 9.18. The molecular weight excluding hydrogens is 252 g/mol. The number of aliphatic hydroxyl groups is 1. The van der Waals surface area contributed by atoms with Crippen molar-refractivity contribution in [2.75, 3.05) is 11.9 Å². The van der Waals surface area contributed by atoms with Crippen LogP contribution in [0.4, 0.5) is 23.2 Å². The summed E-state index contributed by atoms with van der Waals surface area (Å²) in [5.41, 5.74) is -1.99. The van der Waals surface area contributed by atoms with E-state index in [1.807, 2.05) is 0 Å². The van der Waals surface area contributed by atoms with Crippen LogP contribution < -0.4 is 5.32 Å². The third-order valence-corrected chi connectivity index (χ3v) is 2.87. The van der Waals surface area contributed by atoms with Crippen LogP contribution in [0.5, 0.6) is 0 Å². The molecule has 2 N–H and O–H groups in total. The molecule has 2 rings (SSSR count). The number of nitrogens with zero attached hydrogens (tertiary/aromatic N) is 1. The molecule has 0 saturated carbocycles. The van der Waals surface area contributed by atoms with E-state index in [1.165, 1.54) is 0 Å². The monoisotopic (exact) mass is 262 g/mol. The Morgan fingerprint density at radius 1 is 1.11 bits per heavy atom. The second-order valence-corrected chi connectivity index (χ2v) is 4.14. The fourth-order valence-electron chi connectivity index (χ4n) is 1.83. The highest BCUT2D eigenvalue weighted by molar-refractivity contribution is 5.48. The van der Waals surface area contributed by atoms with Crippen LogP contribution in [0.15, 0.2) is 12.2 Å². The molecule has 0 aromatic carbocycles. The fraction of sp³-hybridized carbons (Fsp3) is 0.364. The average molecular weight is 262 g/mol. The largest absolute Gasteiger partial charge is 0.394 e. The molecule has 3 nitrogen and oxygen atoms in total. The molecule has 1 aliphatic rings. The lowest BCUT2D eigenvalue weighted by Crippen LogP contribution is -2.40. The van der Waals surface area contributed by atoms with E-state index >= 15 is 0 Å². The second-order valence-electron chi connectivity index (χ2n) is 4.14. The number of halogens is 4. The van der Waals surface area contributed by atoms with E-state index in [1.54, 1.807) is 12.2 Å². The maximum atomic E-state index is 13.4. The summed E-state index contributed by atoms with van der Waals surface area (Å²) in [4.78, 5) is 2.46. The van der Waals surface area contributed by atoms with Crippen LogP contribution in [0.25, 0.3) is 0 Å². The van der Waals surface area contributed by atoms with E-state index in [9.17, 15) is 22.7 Å². The lowest BCUT2D eigenvalue weighted by molar-refractivity contribution is 0.217. The Kier molecular flexibility index (Phi) is 3.25. The first kappa shape index (κ1) is 12.8. The molecule has 0 amide bonds. The van der Waals surface area contributed by atoms with Crippen LogP contribution in [0.3, 0.4) is 0 Å². The molecule has 0 fully saturated rings. The first-order valence-corrected chi connectivity index (χ1v) is 5.23. The summed E-state index contributed by atoms with van der Waals surface area (Å²) in [6.45, 7) is -0.426. The minimum Gasteiger partial charge on any atom is -0.394 e. The van der Waals surface area contributed by atoms with Crippen LogP contribution in [0.2, 0.25) is 0 Å². The smallest absolute Gasteiger partial charge is 0.253 e. The third kappa shape index (κ3) is 2.05. The average Bonchev–Trinajstić information content (AvgIpc) is 2.82. The zero-order chi connectivity index (χ0) is 13.3. The highest BCUT2D eigenvalue weighted by atomic mass is 19.2. The van der Waals surface area contributed by atoms with Crippen LogP contribution in [-0.4, -0.2) is 22.2 Å². The van der Waals surface area contributed by atoms with Crippen LogP contribution in [0, 0.1) is 23.5 Å². The summed E-state index contributed by atoms with van der Waals surface area (Å²) in [5.74, 6) is -6.66. The first-order chi connectivity index (χ1) is 8.49. The molecule has 18 heavy (non-hydrogen) atoms. The Morgan fingerprint density at radius 3 is 2.06 bits per heavy atom. The molecule has 98 valence electrons. The molecule has 0 radical (unpaired) electrons. The molecule has 0 saturated heterocycles. The molecule has 7 heteroatoms. The van der Waals surface area contributed by atoms with Crippen molar-refractivity contribution in [2.24, 2.45) is 0 Å². The lowest BCUT2D eigenvalue weighted by atomic mass is 9.97. The second kappa shape index (κ2) is 4.56. The van der Waals surface area contributed by atoms with Gasteiger partial charge in [0.2, 0.25) is 11.6 Å². The van der Waals surface area contributed by atoms with Gasteiger partial charge in [-0.1, -0.05) is 12.2 Å². The van der Waals surface area contributed by atoms with Crippen LogP contribution in [-0.2, 0) is 0 Å². The molecule has 1 heterocycles. The fourth-order valence-corrected chi connectivity index (χ4v) is 1.83. The lowest BCUT2D eigenvalue weighted by Gasteiger charge is -2.29. The first-order valence-electron chi connectivity index (χ1n) is 5.23. The molecule has 1 aromatic heterocycles. The van der Waals surface area contributed by atoms with Gasteiger partial charge in [0.25, 0.3) is 11.9 Å². The molecule has 0 spiro atoms. The van der Waals surface area contributed by atoms with Crippen molar-refractivity contribution in [2.45, 2.75) is 18.4 Å². The summed E-state index contributed by atoms with van der Waals surface area (Å²) >= 11 is 0. The van der Waals surface area contributed by atoms with Gasteiger partial charge in [0, 0.05) is 0 Å². The summed E-state index contributed by atoms with van der Waals surface area (Å²) in [5, 5.41) is 11.6. The van der Waals surface area contributed by atoms with Gasteiger partial charge in [0.15, 0.2) is 0 Å². The number of rotatable bonds is 3.